The van der Waals surface area contributed by atoms with Crippen molar-refractivity contribution in [2.75, 3.05) is 18.0 Å². The van der Waals surface area contributed by atoms with Crippen LogP contribution in [0.3, 0.4) is 0 Å². The van der Waals surface area contributed by atoms with E-state index >= 15 is 0 Å². The minimum Gasteiger partial charge on any atom is -0.406 e. The standard InChI is InChI=1S/C29H26F3N5O/c1-18-26(19-6-3-2-4-7-19)36-27(35-18)20-10-12-37(13-11-20)28-24-15-22(16-25(24)33-17-34-28)21-8-5-9-23(14-21)38-29(30,31)32/h2-9,14-15,17,20H,10-13,16H2,1H3,(H,35,36). The van der Waals surface area contributed by atoms with Gasteiger partial charge in [0.2, 0.25) is 0 Å². The van der Waals surface area contributed by atoms with E-state index in [1.54, 1.807) is 18.5 Å². The smallest absolute Gasteiger partial charge is 0.406 e. The fourth-order valence-corrected chi connectivity index (χ4v) is 5.36. The predicted molar refractivity (Wildman–Crippen MR) is 140 cm³/mol. The number of halogens is 3. The number of hydrogen-bond acceptors (Lipinski definition) is 5. The highest BCUT2D eigenvalue weighted by Gasteiger charge is 2.32. The summed E-state index contributed by atoms with van der Waals surface area (Å²) in [5, 5.41) is 0. The van der Waals surface area contributed by atoms with E-state index in [4.69, 9.17) is 4.98 Å². The zero-order valence-corrected chi connectivity index (χ0v) is 20.8. The van der Waals surface area contributed by atoms with Gasteiger partial charge in [-0.25, -0.2) is 15.0 Å². The van der Waals surface area contributed by atoms with Crippen molar-refractivity contribution in [3.8, 4) is 17.0 Å². The molecule has 2 aromatic carbocycles. The highest BCUT2D eigenvalue weighted by molar-refractivity contribution is 5.91. The number of aromatic amines is 1. The number of nitrogens with one attached hydrogen (secondary N) is 1. The number of ether oxygens (including phenoxy) is 1. The summed E-state index contributed by atoms with van der Waals surface area (Å²) in [7, 11) is 0. The Kier molecular flexibility index (Phi) is 6.13. The van der Waals surface area contributed by atoms with E-state index in [9.17, 15) is 13.2 Å². The van der Waals surface area contributed by atoms with Crippen molar-refractivity contribution in [3.63, 3.8) is 0 Å². The Bertz CT molecular complexity index is 1490. The molecule has 194 valence electrons. The second-order valence-corrected chi connectivity index (χ2v) is 9.70. The lowest BCUT2D eigenvalue weighted by molar-refractivity contribution is -0.274. The van der Waals surface area contributed by atoms with Crippen molar-refractivity contribution in [1.29, 1.82) is 0 Å². The van der Waals surface area contributed by atoms with E-state index in [1.165, 1.54) is 12.1 Å². The maximum Gasteiger partial charge on any atom is 0.573 e. The van der Waals surface area contributed by atoms with Gasteiger partial charge in [-0.15, -0.1) is 13.2 Å². The van der Waals surface area contributed by atoms with Crippen molar-refractivity contribution in [3.05, 3.63) is 89.3 Å². The molecule has 2 aromatic heterocycles. The fourth-order valence-electron chi connectivity index (χ4n) is 5.36. The van der Waals surface area contributed by atoms with Crippen LogP contribution < -0.4 is 9.64 Å². The first-order chi connectivity index (χ1) is 18.3. The summed E-state index contributed by atoms with van der Waals surface area (Å²) in [4.78, 5) is 19.8. The summed E-state index contributed by atoms with van der Waals surface area (Å²) in [6, 6.07) is 16.3. The normalized spacial score (nSPS) is 15.9. The van der Waals surface area contributed by atoms with Crippen LogP contribution in [-0.4, -0.2) is 39.4 Å². The third-order valence-electron chi connectivity index (χ3n) is 7.19. The van der Waals surface area contributed by atoms with Gasteiger partial charge in [0.1, 0.15) is 23.7 Å². The lowest BCUT2D eigenvalue weighted by Crippen LogP contribution is -2.34. The molecule has 1 aliphatic heterocycles. The van der Waals surface area contributed by atoms with Crippen LogP contribution in [0, 0.1) is 6.92 Å². The second kappa shape index (κ2) is 9.63. The number of aromatic nitrogens is 4. The summed E-state index contributed by atoms with van der Waals surface area (Å²) in [6.07, 6.45) is 1.24. The van der Waals surface area contributed by atoms with Crippen molar-refractivity contribution in [1.82, 2.24) is 19.9 Å². The Labute approximate surface area is 218 Å². The number of rotatable bonds is 5. The van der Waals surface area contributed by atoms with Crippen LogP contribution in [0.4, 0.5) is 19.0 Å². The first-order valence-corrected chi connectivity index (χ1v) is 12.6. The van der Waals surface area contributed by atoms with Crippen LogP contribution >= 0.6 is 0 Å². The minimum atomic E-state index is -4.73. The van der Waals surface area contributed by atoms with Crippen LogP contribution in [0.2, 0.25) is 0 Å². The molecular weight excluding hydrogens is 491 g/mol. The molecule has 4 aromatic rings. The maximum absolute atomic E-state index is 12.7. The van der Waals surface area contributed by atoms with E-state index in [0.717, 1.165) is 71.4 Å². The number of anilines is 1. The van der Waals surface area contributed by atoms with Gasteiger partial charge in [0.15, 0.2) is 0 Å². The number of fused-ring (bicyclic) bond motifs is 1. The Morgan fingerprint density at radius 3 is 2.50 bits per heavy atom. The van der Waals surface area contributed by atoms with Crippen LogP contribution in [0.5, 0.6) is 5.75 Å². The van der Waals surface area contributed by atoms with Gasteiger partial charge in [-0.1, -0.05) is 42.5 Å². The van der Waals surface area contributed by atoms with E-state index < -0.39 is 6.36 Å². The Hall–Kier alpha value is -4.14. The molecule has 38 heavy (non-hydrogen) atoms. The summed E-state index contributed by atoms with van der Waals surface area (Å²) in [6.45, 7) is 3.71. The predicted octanol–water partition coefficient (Wildman–Crippen LogP) is 6.55. The van der Waals surface area contributed by atoms with Gasteiger partial charge < -0.3 is 14.6 Å². The van der Waals surface area contributed by atoms with Crippen LogP contribution in [-0.2, 0) is 6.42 Å². The molecule has 0 saturated carbocycles. The van der Waals surface area contributed by atoms with E-state index in [2.05, 4.69) is 43.6 Å². The Balaban J connectivity index is 1.18. The quantitative estimate of drug-likeness (QED) is 0.325. The van der Waals surface area contributed by atoms with Gasteiger partial charge in [-0.3, -0.25) is 0 Å². The van der Waals surface area contributed by atoms with Crippen molar-refractivity contribution >= 4 is 17.5 Å². The molecule has 1 saturated heterocycles. The van der Waals surface area contributed by atoms with Gasteiger partial charge >= 0.3 is 6.36 Å². The topological polar surface area (TPSA) is 66.9 Å². The van der Waals surface area contributed by atoms with Gasteiger partial charge in [0.05, 0.1) is 11.4 Å². The summed E-state index contributed by atoms with van der Waals surface area (Å²) in [5.41, 5.74) is 6.57. The van der Waals surface area contributed by atoms with Gasteiger partial charge in [-0.05, 0) is 49.1 Å². The molecule has 2 aliphatic rings. The Morgan fingerprint density at radius 1 is 0.974 bits per heavy atom. The number of aryl methyl sites for hydroxylation is 1. The zero-order valence-electron chi connectivity index (χ0n) is 20.8. The molecule has 1 N–H and O–H groups in total. The highest BCUT2D eigenvalue weighted by Crippen LogP contribution is 2.38. The molecule has 1 fully saturated rings. The summed E-state index contributed by atoms with van der Waals surface area (Å²) < 4.78 is 42.2. The molecule has 0 atom stereocenters. The fraction of sp³-hybridized carbons (Fsp3) is 0.276. The van der Waals surface area contributed by atoms with E-state index in [-0.39, 0.29) is 5.75 Å². The average Bonchev–Trinajstić information content (AvgIpc) is 3.52. The van der Waals surface area contributed by atoms with Crippen LogP contribution in [0.25, 0.3) is 22.9 Å². The average molecular weight is 518 g/mol. The molecule has 0 bridgehead atoms. The van der Waals surface area contributed by atoms with Crippen LogP contribution in [0.1, 0.15) is 47.1 Å². The number of allylic oxidation sites excluding steroid dienone is 1. The van der Waals surface area contributed by atoms with Crippen LogP contribution in [0.15, 0.2) is 60.9 Å². The van der Waals surface area contributed by atoms with Crippen molar-refractivity contribution in [2.45, 2.75) is 38.5 Å². The molecule has 3 heterocycles. The first-order valence-electron chi connectivity index (χ1n) is 12.6. The third-order valence-corrected chi connectivity index (χ3v) is 7.19. The van der Waals surface area contributed by atoms with E-state index in [1.807, 2.05) is 24.3 Å². The molecule has 0 unspecified atom stereocenters. The molecule has 6 rings (SSSR count). The Morgan fingerprint density at radius 2 is 1.74 bits per heavy atom. The minimum absolute atomic E-state index is 0.233. The molecule has 0 radical (unpaired) electrons. The summed E-state index contributed by atoms with van der Waals surface area (Å²) in [5.74, 6) is 1.99. The SMILES string of the molecule is Cc1[nH]c(C2CCN(c3ncnc4c3C=C(c3cccc(OC(F)(F)F)c3)C4)CC2)nc1-c1ccccc1. The molecule has 9 heteroatoms. The molecule has 0 amide bonds. The molecule has 0 spiro atoms. The van der Waals surface area contributed by atoms with Crippen molar-refractivity contribution < 1.29 is 17.9 Å². The highest BCUT2D eigenvalue weighted by atomic mass is 19.4. The number of imidazole rings is 1. The summed E-state index contributed by atoms with van der Waals surface area (Å²) >= 11 is 0. The number of H-pyrrole nitrogens is 1. The molecule has 6 nitrogen and oxygen atoms in total. The second-order valence-electron chi connectivity index (χ2n) is 9.70. The van der Waals surface area contributed by atoms with E-state index in [0.29, 0.717) is 17.9 Å². The number of alkyl halides is 3. The number of piperidine rings is 1. The lowest BCUT2D eigenvalue weighted by Gasteiger charge is -2.32. The lowest BCUT2D eigenvalue weighted by atomic mass is 9.96. The van der Waals surface area contributed by atoms with Gasteiger partial charge in [0.25, 0.3) is 0 Å². The number of nitrogens with zero attached hydrogens (tertiary/aromatic N) is 4. The monoisotopic (exact) mass is 517 g/mol. The third kappa shape index (κ3) is 4.88. The first kappa shape index (κ1) is 24.2. The number of hydrogen-bond donors (Lipinski definition) is 1. The van der Waals surface area contributed by atoms with Gasteiger partial charge in [0, 0.05) is 42.2 Å². The van der Waals surface area contributed by atoms with Crippen molar-refractivity contribution in [2.24, 2.45) is 0 Å². The molecule has 1 aliphatic carbocycles. The maximum atomic E-state index is 12.7. The molecular formula is C29H26F3N5O. The van der Waals surface area contributed by atoms with Gasteiger partial charge in [-0.2, -0.15) is 0 Å². The zero-order chi connectivity index (χ0) is 26.3. The number of benzene rings is 2. The largest absolute Gasteiger partial charge is 0.573 e.